The average molecular weight is 418 g/mol. The number of carbonyl (C=O) groups is 1. The maximum absolute atomic E-state index is 12.3. The van der Waals surface area contributed by atoms with Crippen LogP contribution in [-0.4, -0.2) is 10.9 Å². The first-order chi connectivity index (χ1) is 11.5. The molecule has 0 unspecified atom stereocenters. The maximum atomic E-state index is 12.3. The number of aromatic nitrogens is 1. The van der Waals surface area contributed by atoms with Crippen molar-refractivity contribution >= 4 is 68.8 Å². The van der Waals surface area contributed by atoms with Gasteiger partial charge in [0.15, 0.2) is 5.13 Å². The summed E-state index contributed by atoms with van der Waals surface area (Å²) in [4.78, 5) is 16.7. The lowest BCUT2D eigenvalue weighted by atomic mass is 10.2. The van der Waals surface area contributed by atoms with Crippen LogP contribution in [0.1, 0.15) is 10.4 Å². The summed E-state index contributed by atoms with van der Waals surface area (Å²) < 4.78 is 0. The van der Waals surface area contributed by atoms with Gasteiger partial charge in [0, 0.05) is 10.9 Å². The van der Waals surface area contributed by atoms with Crippen LogP contribution >= 0.6 is 57.7 Å². The van der Waals surface area contributed by atoms with Gasteiger partial charge in [-0.25, -0.2) is 4.98 Å². The molecule has 0 fully saturated rings. The van der Waals surface area contributed by atoms with Gasteiger partial charge in [-0.05, 0) is 24.3 Å². The molecule has 1 heterocycles. The predicted octanol–water partition coefficient (Wildman–Crippen LogP) is 6.68. The predicted molar refractivity (Wildman–Crippen MR) is 102 cm³/mol. The minimum atomic E-state index is -0.416. The Labute approximate surface area is 162 Å². The summed E-state index contributed by atoms with van der Waals surface area (Å²) >= 11 is 25.3. The number of thiazole rings is 1. The molecule has 0 saturated carbocycles. The molecule has 24 heavy (non-hydrogen) atoms. The van der Waals surface area contributed by atoms with E-state index in [4.69, 9.17) is 46.4 Å². The van der Waals surface area contributed by atoms with E-state index in [1.54, 1.807) is 36.4 Å². The minimum absolute atomic E-state index is 0.215. The number of anilines is 1. The summed E-state index contributed by atoms with van der Waals surface area (Å²) in [5, 5.41) is 6.40. The lowest BCUT2D eigenvalue weighted by molar-refractivity contribution is 0.102. The number of carbonyl (C=O) groups excluding carboxylic acids is 1. The summed E-state index contributed by atoms with van der Waals surface area (Å²) in [5.74, 6) is -0.416. The standard InChI is InChI=1S/C16H8Cl4N2OS/c17-9-5-4-8(6-12(9)20)13-7-24-16(21-13)22-15(23)14-10(18)2-1-3-11(14)19/h1-7H,(H,21,22,23). The topological polar surface area (TPSA) is 42.0 Å². The van der Waals surface area contributed by atoms with E-state index in [1.807, 2.05) is 5.38 Å². The summed E-state index contributed by atoms with van der Waals surface area (Å²) in [5.41, 5.74) is 1.70. The van der Waals surface area contributed by atoms with E-state index in [1.165, 1.54) is 11.3 Å². The Kier molecular flexibility index (Phi) is 5.33. The Bertz CT molecular complexity index is 906. The highest BCUT2D eigenvalue weighted by Gasteiger charge is 2.16. The average Bonchev–Trinajstić information content (AvgIpc) is 2.98. The van der Waals surface area contributed by atoms with Gasteiger partial charge >= 0.3 is 0 Å². The van der Waals surface area contributed by atoms with Crippen LogP contribution in [0.5, 0.6) is 0 Å². The fraction of sp³-hybridized carbons (Fsp3) is 0. The molecule has 8 heteroatoms. The number of amides is 1. The number of nitrogens with zero attached hydrogens (tertiary/aromatic N) is 1. The third-order valence-corrected chi connectivity index (χ3v) is 5.26. The Morgan fingerprint density at radius 3 is 2.33 bits per heavy atom. The van der Waals surface area contributed by atoms with Gasteiger partial charge in [0.05, 0.1) is 31.3 Å². The first-order valence-electron chi connectivity index (χ1n) is 6.62. The molecule has 3 rings (SSSR count). The van der Waals surface area contributed by atoms with Gasteiger partial charge in [-0.15, -0.1) is 11.3 Å². The number of nitrogens with one attached hydrogen (secondary N) is 1. The van der Waals surface area contributed by atoms with Crippen molar-refractivity contribution in [3.8, 4) is 11.3 Å². The third kappa shape index (κ3) is 3.68. The first-order valence-corrected chi connectivity index (χ1v) is 9.01. The number of rotatable bonds is 3. The van der Waals surface area contributed by atoms with Crippen LogP contribution in [0.4, 0.5) is 5.13 Å². The zero-order chi connectivity index (χ0) is 17.3. The Balaban J connectivity index is 1.83. The summed E-state index contributed by atoms with van der Waals surface area (Å²) in [7, 11) is 0. The summed E-state index contributed by atoms with van der Waals surface area (Å²) in [6.07, 6.45) is 0. The highest BCUT2D eigenvalue weighted by atomic mass is 35.5. The molecule has 1 N–H and O–H groups in total. The van der Waals surface area contributed by atoms with Crippen molar-refractivity contribution in [2.24, 2.45) is 0 Å². The Morgan fingerprint density at radius 1 is 0.958 bits per heavy atom. The highest BCUT2D eigenvalue weighted by molar-refractivity contribution is 7.14. The second-order valence-electron chi connectivity index (χ2n) is 4.72. The summed E-state index contributed by atoms with van der Waals surface area (Å²) in [6.45, 7) is 0. The molecule has 3 nitrogen and oxygen atoms in total. The summed E-state index contributed by atoms with van der Waals surface area (Å²) in [6, 6.07) is 10.1. The molecule has 122 valence electrons. The number of hydrogen-bond donors (Lipinski definition) is 1. The van der Waals surface area contributed by atoms with E-state index in [0.29, 0.717) is 20.9 Å². The zero-order valence-corrected chi connectivity index (χ0v) is 15.7. The molecule has 0 aliphatic heterocycles. The van der Waals surface area contributed by atoms with Crippen LogP contribution in [0.25, 0.3) is 11.3 Å². The number of halogens is 4. The number of hydrogen-bond acceptors (Lipinski definition) is 3. The highest BCUT2D eigenvalue weighted by Crippen LogP contribution is 2.31. The molecule has 0 radical (unpaired) electrons. The van der Waals surface area contributed by atoms with Gasteiger partial charge < -0.3 is 0 Å². The lowest BCUT2D eigenvalue weighted by Crippen LogP contribution is -2.12. The molecule has 2 aromatic carbocycles. The van der Waals surface area contributed by atoms with Crippen molar-refractivity contribution in [3.05, 3.63) is 67.4 Å². The Hall–Kier alpha value is -1.30. The molecule has 0 bridgehead atoms. The van der Waals surface area contributed by atoms with Gasteiger partial charge in [-0.2, -0.15) is 0 Å². The van der Waals surface area contributed by atoms with Gasteiger partial charge in [0.25, 0.3) is 5.91 Å². The lowest BCUT2D eigenvalue weighted by Gasteiger charge is -2.06. The number of benzene rings is 2. The van der Waals surface area contributed by atoms with E-state index in [2.05, 4.69) is 10.3 Å². The monoisotopic (exact) mass is 416 g/mol. The van der Waals surface area contributed by atoms with Gasteiger partial charge in [0.1, 0.15) is 0 Å². The smallest absolute Gasteiger partial charge is 0.260 e. The zero-order valence-electron chi connectivity index (χ0n) is 11.8. The molecule has 0 aliphatic carbocycles. The van der Waals surface area contributed by atoms with Crippen molar-refractivity contribution in [2.75, 3.05) is 5.32 Å². The first kappa shape index (κ1) is 17.5. The van der Waals surface area contributed by atoms with Gasteiger partial charge in [-0.1, -0.05) is 58.5 Å². The van der Waals surface area contributed by atoms with E-state index in [0.717, 1.165) is 5.56 Å². The minimum Gasteiger partial charge on any atom is -0.298 e. The molecular formula is C16H8Cl4N2OS. The molecule has 0 saturated heterocycles. The van der Waals surface area contributed by atoms with E-state index < -0.39 is 5.91 Å². The SMILES string of the molecule is O=C(Nc1nc(-c2ccc(Cl)c(Cl)c2)cs1)c1c(Cl)cccc1Cl. The van der Waals surface area contributed by atoms with Gasteiger partial charge in [0.2, 0.25) is 0 Å². The molecular weight excluding hydrogens is 410 g/mol. The van der Waals surface area contributed by atoms with Crippen LogP contribution < -0.4 is 5.32 Å². The fourth-order valence-corrected chi connectivity index (χ4v) is 3.58. The van der Waals surface area contributed by atoms with Crippen LogP contribution in [0, 0.1) is 0 Å². The quantitative estimate of drug-likeness (QED) is 0.516. The van der Waals surface area contributed by atoms with Crippen molar-refractivity contribution in [2.45, 2.75) is 0 Å². The van der Waals surface area contributed by atoms with Gasteiger partial charge in [-0.3, -0.25) is 10.1 Å². The van der Waals surface area contributed by atoms with E-state index in [-0.39, 0.29) is 15.6 Å². The largest absolute Gasteiger partial charge is 0.298 e. The molecule has 1 aromatic heterocycles. The van der Waals surface area contributed by atoms with Crippen molar-refractivity contribution in [3.63, 3.8) is 0 Å². The van der Waals surface area contributed by atoms with E-state index in [9.17, 15) is 4.79 Å². The molecule has 1 amide bonds. The molecule has 0 aliphatic rings. The van der Waals surface area contributed by atoms with Crippen molar-refractivity contribution < 1.29 is 4.79 Å². The third-order valence-electron chi connectivity index (χ3n) is 3.13. The molecule has 0 spiro atoms. The Morgan fingerprint density at radius 2 is 1.67 bits per heavy atom. The van der Waals surface area contributed by atoms with E-state index >= 15 is 0 Å². The van der Waals surface area contributed by atoms with Crippen LogP contribution in [0.3, 0.4) is 0 Å². The van der Waals surface area contributed by atoms with Crippen LogP contribution in [0.15, 0.2) is 41.8 Å². The molecule has 3 aromatic rings. The van der Waals surface area contributed by atoms with Crippen molar-refractivity contribution in [1.29, 1.82) is 0 Å². The second-order valence-corrected chi connectivity index (χ2v) is 7.20. The normalized spacial score (nSPS) is 10.7. The van der Waals surface area contributed by atoms with Crippen LogP contribution in [0.2, 0.25) is 20.1 Å². The van der Waals surface area contributed by atoms with Crippen LogP contribution in [-0.2, 0) is 0 Å². The fourth-order valence-electron chi connectivity index (χ4n) is 1.99. The van der Waals surface area contributed by atoms with Crippen molar-refractivity contribution in [1.82, 2.24) is 4.98 Å². The second kappa shape index (κ2) is 7.30. The molecule has 0 atom stereocenters. The maximum Gasteiger partial charge on any atom is 0.260 e.